The lowest BCUT2D eigenvalue weighted by Crippen LogP contribution is -2.37. The van der Waals surface area contributed by atoms with Crippen LogP contribution in [0.2, 0.25) is 0 Å². The van der Waals surface area contributed by atoms with Crippen molar-refractivity contribution in [2.24, 2.45) is 5.41 Å². The molecule has 1 amide bonds. The Bertz CT molecular complexity index is 1250. The minimum atomic E-state index is -0.710. The average Bonchev–Trinajstić information content (AvgIpc) is 2.84. The number of nitrogens with one attached hydrogen (secondary N) is 1. The summed E-state index contributed by atoms with van der Waals surface area (Å²) >= 11 is 0. The maximum absolute atomic E-state index is 13.8. The molecule has 168 valence electrons. The quantitative estimate of drug-likeness (QED) is 0.383. The first-order valence-electron chi connectivity index (χ1n) is 10.9. The van der Waals surface area contributed by atoms with Gasteiger partial charge < -0.3 is 14.8 Å². The Morgan fingerprint density at radius 2 is 1.55 bits per heavy atom. The fourth-order valence-electron chi connectivity index (χ4n) is 4.13. The van der Waals surface area contributed by atoms with Crippen LogP contribution in [0.1, 0.15) is 18.1 Å². The van der Waals surface area contributed by atoms with E-state index in [0.29, 0.717) is 18.5 Å². The summed E-state index contributed by atoms with van der Waals surface area (Å²) in [7, 11) is 3.30. The molecule has 0 radical (unpaired) electrons. The van der Waals surface area contributed by atoms with Gasteiger partial charge in [0.1, 0.15) is 11.5 Å². The number of aromatic nitrogens is 1. The predicted octanol–water partition coefficient (Wildman–Crippen LogP) is 5.68. The van der Waals surface area contributed by atoms with Crippen LogP contribution < -0.4 is 14.8 Å². The Labute approximate surface area is 194 Å². The maximum atomic E-state index is 13.8. The summed E-state index contributed by atoms with van der Waals surface area (Å²) < 4.78 is 10.7. The molecule has 0 saturated carbocycles. The van der Waals surface area contributed by atoms with Gasteiger partial charge in [-0.3, -0.25) is 9.78 Å². The Balaban J connectivity index is 1.67. The van der Waals surface area contributed by atoms with Crippen molar-refractivity contribution in [3.63, 3.8) is 0 Å². The van der Waals surface area contributed by atoms with Crippen LogP contribution in [0.3, 0.4) is 0 Å². The Kier molecular flexibility index (Phi) is 6.59. The summed E-state index contributed by atoms with van der Waals surface area (Å²) in [5, 5.41) is 4.15. The molecule has 1 aromatic heterocycles. The third-order valence-electron chi connectivity index (χ3n) is 5.91. The topological polar surface area (TPSA) is 60.5 Å². The molecule has 4 rings (SSSR count). The van der Waals surface area contributed by atoms with Gasteiger partial charge in [0.2, 0.25) is 5.91 Å². The van der Waals surface area contributed by atoms with E-state index in [9.17, 15) is 4.79 Å². The molecule has 5 nitrogen and oxygen atoms in total. The fourth-order valence-corrected chi connectivity index (χ4v) is 4.13. The van der Waals surface area contributed by atoms with Crippen molar-refractivity contribution < 1.29 is 14.3 Å². The molecule has 33 heavy (non-hydrogen) atoms. The van der Waals surface area contributed by atoms with Gasteiger partial charge in [-0.2, -0.15) is 0 Å². The lowest BCUT2D eigenvalue weighted by Gasteiger charge is -2.29. The molecule has 1 heterocycles. The van der Waals surface area contributed by atoms with Crippen molar-refractivity contribution in [3.05, 3.63) is 96.2 Å². The van der Waals surface area contributed by atoms with Crippen molar-refractivity contribution >= 4 is 22.5 Å². The smallest absolute Gasteiger partial charge is 0.231 e. The number of carbonyl (C=O) groups excluding carboxylic acids is 1. The second-order valence-corrected chi connectivity index (χ2v) is 8.45. The van der Waals surface area contributed by atoms with Crippen LogP contribution in [-0.2, 0) is 17.6 Å². The summed E-state index contributed by atoms with van der Waals surface area (Å²) in [5.41, 5.74) is 2.88. The molecule has 0 saturated heterocycles. The van der Waals surface area contributed by atoms with E-state index in [4.69, 9.17) is 9.47 Å². The highest BCUT2D eigenvalue weighted by Gasteiger charge is 2.34. The largest absolute Gasteiger partial charge is 0.497 e. The molecule has 0 aliphatic rings. The van der Waals surface area contributed by atoms with Crippen molar-refractivity contribution in [2.45, 2.75) is 19.8 Å². The number of carbonyl (C=O) groups is 1. The predicted molar refractivity (Wildman–Crippen MR) is 132 cm³/mol. The first-order valence-corrected chi connectivity index (χ1v) is 10.9. The maximum Gasteiger partial charge on any atom is 0.231 e. The number of benzene rings is 3. The molecule has 0 aliphatic carbocycles. The van der Waals surface area contributed by atoms with Crippen LogP contribution in [0.4, 0.5) is 5.69 Å². The van der Waals surface area contributed by atoms with Crippen molar-refractivity contribution in [1.29, 1.82) is 0 Å². The highest BCUT2D eigenvalue weighted by Crippen LogP contribution is 2.32. The number of para-hydroxylation sites is 1. The van der Waals surface area contributed by atoms with E-state index in [-0.39, 0.29) is 5.91 Å². The molecular weight excluding hydrogens is 412 g/mol. The van der Waals surface area contributed by atoms with Crippen LogP contribution in [0.15, 0.2) is 85.1 Å². The standard InChI is InChI=1S/C28H28N2O3/c1-28(18-20-12-14-23(32-2)15-13-20,19-21-7-4-10-24(17-21)33-3)27(31)30-25-11-5-8-22-9-6-16-29-26(22)25/h4-17H,18-19H2,1-3H3,(H,30,31). The zero-order valence-corrected chi connectivity index (χ0v) is 19.2. The van der Waals surface area contributed by atoms with Crippen molar-refractivity contribution in [3.8, 4) is 11.5 Å². The van der Waals surface area contributed by atoms with E-state index in [2.05, 4.69) is 10.3 Å². The summed E-state index contributed by atoms with van der Waals surface area (Å²) in [5.74, 6) is 1.51. The molecule has 0 spiro atoms. The second kappa shape index (κ2) is 9.74. The first kappa shape index (κ1) is 22.3. The van der Waals surface area contributed by atoms with E-state index in [1.54, 1.807) is 20.4 Å². The van der Waals surface area contributed by atoms with Crippen LogP contribution in [0.5, 0.6) is 11.5 Å². The minimum Gasteiger partial charge on any atom is -0.497 e. The van der Waals surface area contributed by atoms with Crippen LogP contribution in [0, 0.1) is 5.41 Å². The lowest BCUT2D eigenvalue weighted by molar-refractivity contribution is -0.124. The van der Waals surface area contributed by atoms with Gasteiger partial charge in [0.05, 0.1) is 30.8 Å². The number of anilines is 1. The van der Waals surface area contributed by atoms with E-state index < -0.39 is 5.41 Å². The lowest BCUT2D eigenvalue weighted by atomic mass is 9.77. The Morgan fingerprint density at radius 3 is 2.30 bits per heavy atom. The second-order valence-electron chi connectivity index (χ2n) is 8.45. The highest BCUT2D eigenvalue weighted by molar-refractivity contribution is 6.02. The zero-order valence-electron chi connectivity index (χ0n) is 19.2. The van der Waals surface area contributed by atoms with Gasteiger partial charge in [-0.25, -0.2) is 0 Å². The summed E-state index contributed by atoms with van der Waals surface area (Å²) in [6.07, 6.45) is 2.86. The number of nitrogens with zero attached hydrogens (tertiary/aromatic N) is 1. The van der Waals surface area contributed by atoms with Gasteiger partial charge >= 0.3 is 0 Å². The molecule has 1 atom stereocenters. The van der Waals surface area contributed by atoms with E-state index >= 15 is 0 Å². The highest BCUT2D eigenvalue weighted by atomic mass is 16.5. The molecule has 4 aromatic rings. The molecule has 1 unspecified atom stereocenters. The van der Waals surface area contributed by atoms with E-state index in [0.717, 1.165) is 33.5 Å². The number of hydrogen-bond acceptors (Lipinski definition) is 4. The normalized spacial score (nSPS) is 12.7. The first-order chi connectivity index (χ1) is 16.0. The molecule has 0 aliphatic heterocycles. The van der Waals surface area contributed by atoms with Gasteiger partial charge in [0.25, 0.3) is 0 Å². The SMILES string of the molecule is COc1ccc(CC(C)(Cc2cccc(OC)c2)C(=O)Nc2cccc3cccnc23)cc1. The molecular formula is C28H28N2O3. The summed E-state index contributed by atoms with van der Waals surface area (Å²) in [6, 6.07) is 25.4. The van der Waals surface area contributed by atoms with Crippen molar-refractivity contribution in [2.75, 3.05) is 19.5 Å². The number of hydrogen-bond donors (Lipinski definition) is 1. The third kappa shape index (κ3) is 5.14. The van der Waals surface area contributed by atoms with E-state index in [1.165, 1.54) is 0 Å². The molecule has 3 aromatic carbocycles. The summed E-state index contributed by atoms with van der Waals surface area (Å²) in [6.45, 7) is 2.00. The Hall–Kier alpha value is -3.86. The summed E-state index contributed by atoms with van der Waals surface area (Å²) in [4.78, 5) is 18.3. The monoisotopic (exact) mass is 440 g/mol. The minimum absolute atomic E-state index is 0.0562. The number of amides is 1. The van der Waals surface area contributed by atoms with Crippen LogP contribution in [0.25, 0.3) is 10.9 Å². The zero-order chi connectivity index (χ0) is 23.3. The molecule has 0 fully saturated rings. The number of ether oxygens (including phenoxy) is 2. The van der Waals surface area contributed by atoms with E-state index in [1.807, 2.05) is 85.8 Å². The molecule has 0 bridgehead atoms. The number of pyridine rings is 1. The third-order valence-corrected chi connectivity index (χ3v) is 5.91. The Morgan fingerprint density at radius 1 is 0.848 bits per heavy atom. The number of fused-ring (bicyclic) bond motifs is 1. The van der Waals surface area contributed by atoms with Gasteiger partial charge in [-0.15, -0.1) is 0 Å². The van der Waals surface area contributed by atoms with Gasteiger partial charge in [0.15, 0.2) is 0 Å². The molecule has 5 heteroatoms. The molecule has 1 N–H and O–H groups in total. The number of methoxy groups -OCH3 is 2. The van der Waals surface area contributed by atoms with Gasteiger partial charge in [-0.1, -0.05) is 49.4 Å². The van der Waals surface area contributed by atoms with Crippen LogP contribution in [-0.4, -0.2) is 25.1 Å². The number of rotatable bonds is 8. The van der Waals surface area contributed by atoms with Gasteiger partial charge in [-0.05, 0) is 60.4 Å². The van der Waals surface area contributed by atoms with Crippen LogP contribution >= 0.6 is 0 Å². The average molecular weight is 441 g/mol. The fraction of sp³-hybridized carbons (Fsp3) is 0.214. The van der Waals surface area contributed by atoms with Crippen molar-refractivity contribution in [1.82, 2.24) is 4.98 Å². The van der Waals surface area contributed by atoms with Gasteiger partial charge in [0, 0.05) is 11.6 Å².